The Bertz CT molecular complexity index is 1260. The van der Waals surface area contributed by atoms with Gasteiger partial charge in [0.2, 0.25) is 5.91 Å². The van der Waals surface area contributed by atoms with Gasteiger partial charge in [0.25, 0.3) is 11.1 Å². The number of hydrogen-bond acceptors (Lipinski definition) is 8. The van der Waals surface area contributed by atoms with E-state index in [0.717, 1.165) is 35.9 Å². The second kappa shape index (κ2) is 14.6. The standard InChI is InChI=1S/C28H31ClN2O7S/c1-4-7-13-38-27(34)20-16-19(9-10-21(20)29)30-25(32)17-31-26(33)24(39-28(31)35)15-18-8-11-22(37-12-5-2)23(14-18)36-6-3/h8-11,14-16H,4-7,12-13,17H2,1-3H3,(H,30,32)/b24-15-. The Hall–Kier alpha value is -3.50. The van der Waals surface area contributed by atoms with Crippen molar-refractivity contribution in [2.24, 2.45) is 0 Å². The summed E-state index contributed by atoms with van der Waals surface area (Å²) < 4.78 is 16.6. The third kappa shape index (κ3) is 8.24. The summed E-state index contributed by atoms with van der Waals surface area (Å²) >= 11 is 6.87. The summed E-state index contributed by atoms with van der Waals surface area (Å²) in [5.74, 6) is -0.656. The zero-order valence-corrected chi connectivity index (χ0v) is 23.7. The zero-order valence-electron chi connectivity index (χ0n) is 22.1. The maximum Gasteiger partial charge on any atom is 0.339 e. The minimum atomic E-state index is -0.609. The maximum atomic E-state index is 12.9. The smallest absolute Gasteiger partial charge is 0.339 e. The van der Waals surface area contributed by atoms with Crippen molar-refractivity contribution in [3.63, 3.8) is 0 Å². The highest BCUT2D eigenvalue weighted by Gasteiger charge is 2.36. The van der Waals surface area contributed by atoms with Crippen molar-refractivity contribution < 1.29 is 33.4 Å². The van der Waals surface area contributed by atoms with Crippen LogP contribution in [0.2, 0.25) is 5.02 Å². The lowest BCUT2D eigenvalue weighted by Crippen LogP contribution is -2.36. The number of thioether (sulfide) groups is 1. The maximum absolute atomic E-state index is 12.9. The number of anilines is 1. The number of unbranched alkanes of at least 4 members (excludes halogenated alkanes) is 1. The van der Waals surface area contributed by atoms with Gasteiger partial charge in [-0.25, -0.2) is 4.79 Å². The Morgan fingerprint density at radius 3 is 2.51 bits per heavy atom. The third-order valence-electron chi connectivity index (χ3n) is 5.40. The molecule has 1 heterocycles. The van der Waals surface area contributed by atoms with E-state index in [9.17, 15) is 19.2 Å². The van der Waals surface area contributed by atoms with E-state index >= 15 is 0 Å². The highest BCUT2D eigenvalue weighted by Crippen LogP contribution is 2.35. The fourth-order valence-electron chi connectivity index (χ4n) is 3.49. The molecule has 0 radical (unpaired) electrons. The van der Waals surface area contributed by atoms with Crippen LogP contribution in [0.3, 0.4) is 0 Å². The van der Waals surface area contributed by atoms with Gasteiger partial charge in [-0.1, -0.05) is 37.9 Å². The lowest BCUT2D eigenvalue weighted by atomic mass is 10.2. The molecular weight excluding hydrogens is 544 g/mol. The fourth-order valence-corrected chi connectivity index (χ4v) is 4.53. The average molecular weight is 575 g/mol. The number of amides is 3. The first kappa shape index (κ1) is 30.0. The molecule has 0 saturated carbocycles. The first-order valence-corrected chi connectivity index (χ1v) is 13.9. The second-order valence-electron chi connectivity index (χ2n) is 8.49. The van der Waals surface area contributed by atoms with Crippen LogP contribution in [0.25, 0.3) is 6.08 Å². The van der Waals surface area contributed by atoms with E-state index < -0.39 is 29.6 Å². The minimum absolute atomic E-state index is 0.109. The number of esters is 1. The summed E-state index contributed by atoms with van der Waals surface area (Å²) in [6.07, 6.45) is 4.01. The molecule has 0 spiro atoms. The molecule has 1 fully saturated rings. The molecule has 11 heteroatoms. The predicted octanol–water partition coefficient (Wildman–Crippen LogP) is 6.16. The fraction of sp³-hybridized carbons (Fsp3) is 0.357. The molecule has 0 aromatic heterocycles. The Morgan fingerprint density at radius 2 is 1.79 bits per heavy atom. The van der Waals surface area contributed by atoms with Gasteiger partial charge in [0.05, 0.1) is 35.3 Å². The van der Waals surface area contributed by atoms with Crippen LogP contribution in [0.5, 0.6) is 11.5 Å². The van der Waals surface area contributed by atoms with E-state index in [1.165, 1.54) is 18.2 Å². The molecule has 9 nitrogen and oxygen atoms in total. The number of benzene rings is 2. The number of imide groups is 1. The van der Waals surface area contributed by atoms with Crippen molar-refractivity contribution in [1.29, 1.82) is 0 Å². The van der Waals surface area contributed by atoms with E-state index in [-0.39, 0.29) is 27.8 Å². The van der Waals surface area contributed by atoms with Gasteiger partial charge in [-0.3, -0.25) is 19.3 Å². The Labute approximate surface area is 236 Å². The van der Waals surface area contributed by atoms with Crippen LogP contribution in [0.4, 0.5) is 10.5 Å². The van der Waals surface area contributed by atoms with Crippen molar-refractivity contribution >= 4 is 58.1 Å². The van der Waals surface area contributed by atoms with Gasteiger partial charge in [-0.05, 0) is 73.5 Å². The molecule has 3 rings (SSSR count). The van der Waals surface area contributed by atoms with Crippen LogP contribution in [-0.4, -0.2) is 54.3 Å². The number of carbonyl (C=O) groups excluding carboxylic acids is 4. The topological polar surface area (TPSA) is 111 Å². The van der Waals surface area contributed by atoms with E-state index in [4.69, 9.17) is 25.8 Å². The van der Waals surface area contributed by atoms with Crippen LogP contribution >= 0.6 is 23.4 Å². The van der Waals surface area contributed by atoms with Gasteiger partial charge in [0, 0.05) is 5.69 Å². The number of carbonyl (C=O) groups is 4. The summed E-state index contributed by atoms with van der Waals surface area (Å²) in [4.78, 5) is 51.5. The molecule has 0 unspecified atom stereocenters. The molecule has 1 saturated heterocycles. The molecule has 1 aliphatic heterocycles. The van der Waals surface area contributed by atoms with Gasteiger partial charge in [-0.15, -0.1) is 0 Å². The van der Waals surface area contributed by atoms with Crippen LogP contribution in [-0.2, 0) is 14.3 Å². The van der Waals surface area contributed by atoms with Gasteiger partial charge in [0.1, 0.15) is 6.54 Å². The molecule has 0 bridgehead atoms. The second-order valence-corrected chi connectivity index (χ2v) is 9.89. The van der Waals surface area contributed by atoms with Crippen LogP contribution in [0.1, 0.15) is 56.0 Å². The number of rotatable bonds is 13. The Kier molecular flexibility index (Phi) is 11.2. The monoisotopic (exact) mass is 574 g/mol. The van der Waals surface area contributed by atoms with Crippen LogP contribution in [0, 0.1) is 0 Å². The minimum Gasteiger partial charge on any atom is -0.490 e. The van der Waals surface area contributed by atoms with Gasteiger partial charge in [0.15, 0.2) is 11.5 Å². The molecule has 208 valence electrons. The third-order valence-corrected chi connectivity index (χ3v) is 6.64. The molecule has 2 aromatic rings. The van der Waals surface area contributed by atoms with Crippen LogP contribution < -0.4 is 14.8 Å². The zero-order chi connectivity index (χ0) is 28.4. The molecule has 1 N–H and O–H groups in total. The van der Waals surface area contributed by atoms with Gasteiger partial charge in [-0.2, -0.15) is 0 Å². The lowest BCUT2D eigenvalue weighted by Gasteiger charge is -2.13. The summed E-state index contributed by atoms with van der Waals surface area (Å²) in [6, 6.07) is 9.63. The van der Waals surface area contributed by atoms with Crippen molar-refractivity contribution in [1.82, 2.24) is 4.90 Å². The average Bonchev–Trinajstić information content (AvgIpc) is 3.16. The Balaban J connectivity index is 1.68. The van der Waals surface area contributed by atoms with Crippen molar-refractivity contribution in [3.05, 3.63) is 57.5 Å². The molecule has 3 amide bonds. The van der Waals surface area contributed by atoms with E-state index in [2.05, 4.69) is 5.32 Å². The quantitative estimate of drug-likeness (QED) is 0.172. The molecule has 0 atom stereocenters. The normalized spacial score (nSPS) is 14.1. The van der Waals surface area contributed by atoms with Gasteiger partial charge >= 0.3 is 5.97 Å². The predicted molar refractivity (Wildman–Crippen MR) is 151 cm³/mol. The van der Waals surface area contributed by atoms with E-state index in [1.807, 2.05) is 20.8 Å². The van der Waals surface area contributed by atoms with E-state index in [1.54, 1.807) is 24.3 Å². The van der Waals surface area contributed by atoms with E-state index in [0.29, 0.717) is 30.3 Å². The molecule has 39 heavy (non-hydrogen) atoms. The highest BCUT2D eigenvalue weighted by atomic mass is 35.5. The summed E-state index contributed by atoms with van der Waals surface area (Å²) in [7, 11) is 0. The largest absolute Gasteiger partial charge is 0.490 e. The summed E-state index contributed by atoms with van der Waals surface area (Å²) in [6.45, 7) is 6.59. The molecule has 0 aliphatic carbocycles. The molecule has 2 aromatic carbocycles. The lowest BCUT2D eigenvalue weighted by molar-refractivity contribution is -0.127. The Morgan fingerprint density at radius 1 is 1.00 bits per heavy atom. The van der Waals surface area contributed by atoms with Crippen molar-refractivity contribution in [3.8, 4) is 11.5 Å². The van der Waals surface area contributed by atoms with Crippen molar-refractivity contribution in [2.45, 2.75) is 40.0 Å². The number of ether oxygens (including phenoxy) is 3. The first-order valence-electron chi connectivity index (χ1n) is 12.7. The highest BCUT2D eigenvalue weighted by molar-refractivity contribution is 8.18. The molecular formula is C28H31ClN2O7S. The summed E-state index contributed by atoms with van der Waals surface area (Å²) in [5.41, 5.74) is 1.04. The SMILES string of the molecule is CCCCOC(=O)c1cc(NC(=O)CN2C(=O)S/C(=C\c3ccc(OCCC)c(OCC)c3)C2=O)ccc1Cl. The van der Waals surface area contributed by atoms with Crippen molar-refractivity contribution in [2.75, 3.05) is 31.7 Å². The number of nitrogens with one attached hydrogen (secondary N) is 1. The number of hydrogen-bond donors (Lipinski definition) is 1. The summed E-state index contributed by atoms with van der Waals surface area (Å²) in [5, 5.41) is 2.22. The first-order chi connectivity index (χ1) is 18.8. The van der Waals surface area contributed by atoms with Gasteiger partial charge < -0.3 is 19.5 Å². The number of nitrogens with zero attached hydrogens (tertiary/aromatic N) is 1. The molecule has 1 aliphatic rings. The van der Waals surface area contributed by atoms with Crippen LogP contribution in [0.15, 0.2) is 41.3 Å². The number of halogens is 1.